The molecule has 0 spiro atoms. The molecule has 1 aromatic heterocycles. The Hall–Kier alpha value is -2.03. The lowest BCUT2D eigenvalue weighted by molar-refractivity contribution is -0.103. The molecule has 68 valence electrons. The van der Waals surface area contributed by atoms with Crippen LogP contribution in [0.2, 0.25) is 0 Å². The molecular weight excluding hydrogens is 176 g/mol. The van der Waals surface area contributed by atoms with Crippen molar-refractivity contribution in [3.63, 3.8) is 0 Å². The molecule has 0 amide bonds. The Morgan fingerprint density at radius 2 is 2.00 bits per heavy atom. The Morgan fingerprint density at radius 1 is 1.29 bits per heavy atom. The number of benzene rings is 1. The molecule has 0 atom stereocenters. The van der Waals surface area contributed by atoms with E-state index in [0.717, 1.165) is 11.0 Å². The van der Waals surface area contributed by atoms with E-state index in [0.29, 0.717) is 17.6 Å². The lowest BCUT2D eigenvalue weighted by Crippen LogP contribution is -1.92. The molecular formula is C11H8N2O. The lowest BCUT2D eigenvalue weighted by atomic mass is 10.2. The van der Waals surface area contributed by atoms with Gasteiger partial charge in [0, 0.05) is 5.57 Å². The second-order valence-corrected chi connectivity index (χ2v) is 2.89. The first kappa shape index (κ1) is 8.56. The summed E-state index contributed by atoms with van der Waals surface area (Å²) in [6, 6.07) is 7.50. The number of hydrogen-bond donors (Lipinski definition) is 0. The van der Waals surface area contributed by atoms with Crippen molar-refractivity contribution in [2.75, 3.05) is 0 Å². The Morgan fingerprint density at radius 3 is 2.71 bits per heavy atom. The monoisotopic (exact) mass is 184 g/mol. The van der Waals surface area contributed by atoms with Crippen molar-refractivity contribution in [2.45, 2.75) is 0 Å². The zero-order valence-electron chi connectivity index (χ0n) is 7.47. The van der Waals surface area contributed by atoms with Crippen LogP contribution in [0, 0.1) is 0 Å². The number of allylic oxidation sites excluding steroid dienone is 1. The lowest BCUT2D eigenvalue weighted by Gasteiger charge is -1.99. The van der Waals surface area contributed by atoms with Crippen LogP contribution in [0.5, 0.6) is 0 Å². The Bertz CT molecular complexity index is 505. The van der Waals surface area contributed by atoms with Crippen molar-refractivity contribution in [1.82, 2.24) is 9.97 Å². The molecule has 0 fully saturated rings. The van der Waals surface area contributed by atoms with Crippen LogP contribution in [-0.4, -0.2) is 16.3 Å². The number of nitrogens with zero attached hydrogens (tertiary/aromatic N) is 2. The fourth-order valence-electron chi connectivity index (χ4n) is 1.17. The van der Waals surface area contributed by atoms with Gasteiger partial charge in [-0.15, -0.1) is 0 Å². The fourth-order valence-corrected chi connectivity index (χ4v) is 1.17. The number of para-hydroxylation sites is 2. The van der Waals surface area contributed by atoms with E-state index >= 15 is 0 Å². The van der Waals surface area contributed by atoms with Gasteiger partial charge in [0.25, 0.3) is 0 Å². The second-order valence-electron chi connectivity index (χ2n) is 2.89. The first-order chi connectivity index (χ1) is 6.81. The van der Waals surface area contributed by atoms with Crippen LogP contribution in [0.4, 0.5) is 0 Å². The first-order valence-electron chi connectivity index (χ1n) is 4.17. The molecule has 2 aromatic rings. The van der Waals surface area contributed by atoms with Crippen LogP contribution in [-0.2, 0) is 4.79 Å². The van der Waals surface area contributed by atoms with Gasteiger partial charge >= 0.3 is 0 Å². The summed E-state index contributed by atoms with van der Waals surface area (Å²) in [7, 11) is 0. The normalized spacial score (nSPS) is 10.0. The van der Waals surface area contributed by atoms with E-state index in [-0.39, 0.29) is 0 Å². The van der Waals surface area contributed by atoms with Gasteiger partial charge in [0.2, 0.25) is 0 Å². The van der Waals surface area contributed by atoms with E-state index in [1.165, 1.54) is 0 Å². The molecule has 3 nitrogen and oxygen atoms in total. The molecule has 0 aliphatic carbocycles. The zero-order valence-corrected chi connectivity index (χ0v) is 7.47. The number of carbonyl (C=O) groups is 1. The van der Waals surface area contributed by atoms with Crippen LogP contribution in [0.25, 0.3) is 16.6 Å². The zero-order chi connectivity index (χ0) is 9.97. The van der Waals surface area contributed by atoms with Crippen molar-refractivity contribution in [3.05, 3.63) is 42.7 Å². The SMILES string of the molecule is C=C(C=O)c1cnc2ccccc2n1. The molecule has 0 radical (unpaired) electrons. The smallest absolute Gasteiger partial charge is 0.151 e. The quantitative estimate of drug-likeness (QED) is 0.528. The average Bonchev–Trinajstić information content (AvgIpc) is 2.27. The average molecular weight is 184 g/mol. The molecule has 0 N–H and O–H groups in total. The van der Waals surface area contributed by atoms with E-state index in [9.17, 15) is 4.79 Å². The molecule has 0 aliphatic heterocycles. The Kier molecular flexibility index (Phi) is 2.07. The minimum absolute atomic E-state index is 0.350. The van der Waals surface area contributed by atoms with E-state index in [2.05, 4.69) is 16.5 Å². The molecule has 0 saturated heterocycles. The fraction of sp³-hybridized carbons (Fsp3) is 0. The largest absolute Gasteiger partial charge is 0.298 e. The van der Waals surface area contributed by atoms with Crippen LogP contribution >= 0.6 is 0 Å². The summed E-state index contributed by atoms with van der Waals surface area (Å²) in [6.45, 7) is 3.58. The van der Waals surface area contributed by atoms with Crippen molar-refractivity contribution >= 4 is 22.9 Å². The highest BCUT2D eigenvalue weighted by atomic mass is 16.1. The number of aromatic nitrogens is 2. The summed E-state index contributed by atoms with van der Waals surface area (Å²) in [6.07, 6.45) is 2.23. The highest BCUT2D eigenvalue weighted by Crippen LogP contribution is 2.11. The molecule has 0 unspecified atom stereocenters. The highest BCUT2D eigenvalue weighted by molar-refractivity contribution is 6.05. The molecule has 14 heavy (non-hydrogen) atoms. The molecule has 1 aromatic carbocycles. The predicted molar refractivity (Wildman–Crippen MR) is 54.6 cm³/mol. The van der Waals surface area contributed by atoms with Gasteiger partial charge in [0.05, 0.1) is 22.9 Å². The first-order valence-corrected chi connectivity index (χ1v) is 4.17. The molecule has 0 bridgehead atoms. The standard InChI is InChI=1S/C11H8N2O/c1-8(7-14)11-6-12-9-4-2-3-5-10(9)13-11/h2-7H,1H2. The molecule has 2 rings (SSSR count). The van der Waals surface area contributed by atoms with E-state index in [1.54, 1.807) is 6.20 Å². The van der Waals surface area contributed by atoms with Gasteiger partial charge in [0.15, 0.2) is 6.29 Å². The summed E-state index contributed by atoms with van der Waals surface area (Å²) in [4.78, 5) is 18.9. The van der Waals surface area contributed by atoms with Crippen molar-refractivity contribution in [1.29, 1.82) is 0 Å². The molecule has 0 aliphatic rings. The minimum atomic E-state index is 0.350. The van der Waals surface area contributed by atoms with E-state index in [4.69, 9.17) is 0 Å². The van der Waals surface area contributed by atoms with E-state index < -0.39 is 0 Å². The maximum atomic E-state index is 10.5. The summed E-state index contributed by atoms with van der Waals surface area (Å²) in [5.74, 6) is 0. The predicted octanol–water partition coefficient (Wildman–Crippen LogP) is 1.84. The van der Waals surface area contributed by atoms with Gasteiger partial charge < -0.3 is 0 Å². The van der Waals surface area contributed by atoms with Gasteiger partial charge in [-0.05, 0) is 12.1 Å². The van der Waals surface area contributed by atoms with Gasteiger partial charge in [0.1, 0.15) is 0 Å². The summed E-state index contributed by atoms with van der Waals surface area (Å²) in [5.41, 5.74) is 2.46. The third-order valence-corrected chi connectivity index (χ3v) is 1.92. The molecule has 1 heterocycles. The molecule has 0 saturated carbocycles. The van der Waals surface area contributed by atoms with Crippen LogP contribution in [0.15, 0.2) is 37.0 Å². The Balaban J connectivity index is 2.62. The minimum Gasteiger partial charge on any atom is -0.298 e. The number of fused-ring (bicyclic) bond motifs is 1. The van der Waals surface area contributed by atoms with Crippen LogP contribution in [0.3, 0.4) is 0 Å². The summed E-state index contributed by atoms with van der Waals surface area (Å²) >= 11 is 0. The highest BCUT2D eigenvalue weighted by Gasteiger charge is 2.01. The second kappa shape index (κ2) is 3.38. The van der Waals surface area contributed by atoms with Crippen molar-refractivity contribution < 1.29 is 4.79 Å². The van der Waals surface area contributed by atoms with Crippen molar-refractivity contribution in [2.24, 2.45) is 0 Å². The van der Waals surface area contributed by atoms with Gasteiger partial charge in [-0.2, -0.15) is 0 Å². The van der Waals surface area contributed by atoms with Crippen LogP contribution < -0.4 is 0 Å². The Labute approximate surface area is 81.1 Å². The third-order valence-electron chi connectivity index (χ3n) is 1.92. The number of carbonyl (C=O) groups excluding carboxylic acids is 1. The van der Waals surface area contributed by atoms with Gasteiger partial charge in [-0.3, -0.25) is 9.78 Å². The van der Waals surface area contributed by atoms with E-state index in [1.807, 2.05) is 24.3 Å². The third kappa shape index (κ3) is 1.40. The number of hydrogen-bond acceptors (Lipinski definition) is 3. The number of aldehydes is 1. The summed E-state index contributed by atoms with van der Waals surface area (Å²) < 4.78 is 0. The maximum absolute atomic E-state index is 10.5. The topological polar surface area (TPSA) is 42.9 Å². The van der Waals surface area contributed by atoms with Gasteiger partial charge in [-0.25, -0.2) is 4.98 Å². The summed E-state index contributed by atoms with van der Waals surface area (Å²) in [5, 5.41) is 0. The molecule has 3 heteroatoms. The van der Waals surface area contributed by atoms with Gasteiger partial charge in [-0.1, -0.05) is 18.7 Å². The van der Waals surface area contributed by atoms with Crippen molar-refractivity contribution in [3.8, 4) is 0 Å². The number of rotatable bonds is 2. The maximum Gasteiger partial charge on any atom is 0.151 e. The van der Waals surface area contributed by atoms with Crippen LogP contribution in [0.1, 0.15) is 5.69 Å².